The molecule has 31 heavy (non-hydrogen) atoms. The zero-order chi connectivity index (χ0) is 25.1. The van der Waals surface area contributed by atoms with Crippen molar-refractivity contribution in [2.45, 2.75) is 96.4 Å². The second-order valence-electron chi connectivity index (χ2n) is 11.1. The molecule has 2 unspecified atom stereocenters. The van der Waals surface area contributed by atoms with Crippen LogP contribution in [0, 0.1) is 28.1 Å². The third-order valence-corrected chi connectivity index (χ3v) is 4.25. The lowest BCUT2D eigenvalue weighted by molar-refractivity contribution is -0.147. The molecule has 0 heterocycles. The first kappa shape index (κ1) is 36.6. The molecule has 7 heteroatoms. The van der Waals surface area contributed by atoms with Crippen LogP contribution in [0.3, 0.4) is 0 Å². The lowest BCUT2D eigenvalue weighted by atomic mass is 9.76. The fourth-order valence-corrected chi connectivity index (χ4v) is 2.73. The van der Waals surface area contributed by atoms with E-state index in [1.54, 1.807) is 27.7 Å². The Morgan fingerprint density at radius 3 is 1.19 bits per heavy atom. The number of carbonyl (C=O) groups is 4. The summed E-state index contributed by atoms with van der Waals surface area (Å²) >= 11 is 0. The molecule has 0 aliphatic carbocycles. The molecule has 186 valence electrons. The monoisotopic (exact) mass is 447 g/mol. The molecule has 2 atom stereocenters. The van der Waals surface area contributed by atoms with E-state index in [-0.39, 0.29) is 54.2 Å². The average Bonchev–Trinajstić information content (AvgIpc) is 2.40. The highest BCUT2D eigenvalue weighted by Gasteiger charge is 2.30. The second kappa shape index (κ2) is 15.1. The van der Waals surface area contributed by atoms with Gasteiger partial charge in [0.2, 0.25) is 5.91 Å². The van der Waals surface area contributed by atoms with E-state index >= 15 is 0 Å². The number of carboxylic acids is 1. The van der Waals surface area contributed by atoms with Crippen LogP contribution < -0.4 is 5.73 Å². The first-order valence-electron chi connectivity index (χ1n) is 10.2. The maximum absolute atomic E-state index is 11.1. The molecular formula is C24H49NO6. The summed E-state index contributed by atoms with van der Waals surface area (Å²) in [5, 5.41) is 17.2. The van der Waals surface area contributed by atoms with Crippen molar-refractivity contribution in [3.63, 3.8) is 0 Å². The number of rotatable bonds is 6. The SMILES string of the molecule is C.CC(=O)C(CC(N)=O)C(C)(C)C.CC(=O)CC(C)(C)C.CC(C)(C)C(CO)C(=O)O. The Morgan fingerprint density at radius 2 is 1.16 bits per heavy atom. The van der Waals surface area contributed by atoms with E-state index in [2.05, 4.69) is 20.8 Å². The Labute approximate surface area is 190 Å². The predicted molar refractivity (Wildman–Crippen MR) is 127 cm³/mol. The van der Waals surface area contributed by atoms with Crippen LogP contribution in [0.5, 0.6) is 0 Å². The van der Waals surface area contributed by atoms with E-state index in [0.29, 0.717) is 6.42 Å². The summed E-state index contributed by atoms with van der Waals surface area (Å²) in [6.07, 6.45) is 0.839. The van der Waals surface area contributed by atoms with Gasteiger partial charge < -0.3 is 20.7 Å². The third-order valence-electron chi connectivity index (χ3n) is 4.25. The van der Waals surface area contributed by atoms with Gasteiger partial charge in [0.25, 0.3) is 0 Å². The number of primary amides is 1. The van der Waals surface area contributed by atoms with Gasteiger partial charge in [-0.3, -0.25) is 14.4 Å². The maximum Gasteiger partial charge on any atom is 0.309 e. The zero-order valence-corrected chi connectivity index (χ0v) is 20.9. The van der Waals surface area contributed by atoms with E-state index in [1.165, 1.54) is 6.92 Å². The number of carboxylic acid groups (broad SMARTS) is 1. The van der Waals surface area contributed by atoms with Crippen molar-refractivity contribution in [1.29, 1.82) is 0 Å². The number of Topliss-reactive ketones (excluding diaryl/α,β-unsaturated/α-hetero) is 2. The molecule has 0 spiro atoms. The van der Waals surface area contributed by atoms with Gasteiger partial charge in [0.1, 0.15) is 11.6 Å². The van der Waals surface area contributed by atoms with Crippen LogP contribution in [0.25, 0.3) is 0 Å². The minimum Gasteiger partial charge on any atom is -0.481 e. The summed E-state index contributed by atoms with van der Waals surface area (Å²) < 4.78 is 0. The van der Waals surface area contributed by atoms with Crippen molar-refractivity contribution in [2.24, 2.45) is 33.8 Å². The Morgan fingerprint density at radius 1 is 0.806 bits per heavy atom. The highest BCUT2D eigenvalue weighted by Crippen LogP contribution is 2.29. The fourth-order valence-electron chi connectivity index (χ4n) is 2.73. The van der Waals surface area contributed by atoms with Crippen molar-refractivity contribution < 1.29 is 29.4 Å². The summed E-state index contributed by atoms with van der Waals surface area (Å²) in [5.74, 6) is -1.96. The maximum atomic E-state index is 11.1. The van der Waals surface area contributed by atoms with E-state index < -0.39 is 17.8 Å². The van der Waals surface area contributed by atoms with Crippen LogP contribution >= 0.6 is 0 Å². The largest absolute Gasteiger partial charge is 0.481 e. The molecule has 0 aliphatic heterocycles. The number of hydrogen-bond acceptors (Lipinski definition) is 5. The normalized spacial score (nSPS) is 13.2. The number of nitrogens with two attached hydrogens (primary N) is 1. The number of amides is 1. The summed E-state index contributed by atoms with van der Waals surface area (Å²) in [7, 11) is 0. The highest BCUT2D eigenvalue weighted by molar-refractivity contribution is 5.85. The zero-order valence-electron chi connectivity index (χ0n) is 20.9. The molecule has 0 aliphatic rings. The van der Waals surface area contributed by atoms with Gasteiger partial charge in [-0.2, -0.15) is 0 Å². The van der Waals surface area contributed by atoms with Crippen LogP contribution in [0.2, 0.25) is 0 Å². The van der Waals surface area contributed by atoms with Crippen LogP contribution in [0.15, 0.2) is 0 Å². The summed E-state index contributed by atoms with van der Waals surface area (Å²) in [5.41, 5.74) is 4.67. The molecule has 0 rings (SSSR count). The molecule has 0 radical (unpaired) electrons. The predicted octanol–water partition coefficient (Wildman–Crippen LogP) is 4.49. The molecule has 1 amide bonds. The molecule has 0 aromatic rings. The third kappa shape index (κ3) is 22.7. The topological polar surface area (TPSA) is 135 Å². The van der Waals surface area contributed by atoms with Crippen LogP contribution in [-0.2, 0) is 19.2 Å². The van der Waals surface area contributed by atoms with Gasteiger partial charge in [-0.05, 0) is 30.1 Å². The second-order valence-corrected chi connectivity index (χ2v) is 11.1. The minimum atomic E-state index is -0.935. The van der Waals surface area contributed by atoms with Crippen LogP contribution in [-0.4, -0.2) is 40.3 Å². The smallest absolute Gasteiger partial charge is 0.309 e. The molecule has 7 nitrogen and oxygen atoms in total. The van der Waals surface area contributed by atoms with Gasteiger partial charge in [0.05, 0.1) is 12.5 Å². The minimum absolute atomic E-state index is 0. The van der Waals surface area contributed by atoms with Crippen molar-refractivity contribution >= 4 is 23.4 Å². The number of hydrogen-bond donors (Lipinski definition) is 3. The number of ketones is 2. The number of aliphatic carboxylic acids is 1. The Hall–Kier alpha value is -1.76. The number of carbonyl (C=O) groups excluding carboxylic acids is 3. The molecule has 4 N–H and O–H groups in total. The van der Waals surface area contributed by atoms with Gasteiger partial charge in [-0.25, -0.2) is 0 Å². The number of aliphatic hydroxyl groups is 1. The molecule has 0 aromatic heterocycles. The average molecular weight is 448 g/mol. The molecule has 0 fully saturated rings. The van der Waals surface area contributed by atoms with E-state index in [0.717, 1.165) is 0 Å². The van der Waals surface area contributed by atoms with E-state index in [4.69, 9.17) is 15.9 Å². The molecule has 0 aromatic carbocycles. The van der Waals surface area contributed by atoms with Crippen LogP contribution in [0.1, 0.15) is 96.4 Å². The number of aliphatic hydroxyl groups excluding tert-OH is 1. The summed E-state index contributed by atoms with van der Waals surface area (Å²) in [6.45, 7) is 20.2. The Kier molecular flexibility index (Phi) is 17.8. The quantitative estimate of drug-likeness (QED) is 0.549. The van der Waals surface area contributed by atoms with Gasteiger partial charge >= 0.3 is 5.97 Å². The Balaban J connectivity index is -0.000000177. The fraction of sp³-hybridized carbons (Fsp3) is 0.833. The van der Waals surface area contributed by atoms with Crippen molar-refractivity contribution in [2.75, 3.05) is 6.61 Å². The Bertz CT molecular complexity index is 562. The van der Waals surface area contributed by atoms with Gasteiger partial charge in [-0.1, -0.05) is 69.7 Å². The molecular weight excluding hydrogens is 398 g/mol. The van der Waals surface area contributed by atoms with Gasteiger partial charge in [0.15, 0.2) is 0 Å². The molecule has 0 saturated carbocycles. The summed E-state index contributed by atoms with van der Waals surface area (Å²) in [4.78, 5) is 42.6. The summed E-state index contributed by atoms with van der Waals surface area (Å²) in [6, 6.07) is 0. The van der Waals surface area contributed by atoms with Crippen molar-refractivity contribution in [3.05, 3.63) is 0 Å². The lowest BCUT2D eigenvalue weighted by Crippen LogP contribution is -2.31. The van der Waals surface area contributed by atoms with Gasteiger partial charge in [-0.15, -0.1) is 0 Å². The first-order chi connectivity index (χ1) is 13.1. The van der Waals surface area contributed by atoms with E-state index in [1.807, 2.05) is 20.8 Å². The van der Waals surface area contributed by atoms with Gasteiger partial charge in [0, 0.05) is 18.8 Å². The lowest BCUT2D eigenvalue weighted by Gasteiger charge is -2.27. The molecule has 0 saturated heterocycles. The van der Waals surface area contributed by atoms with Crippen LogP contribution in [0.4, 0.5) is 0 Å². The van der Waals surface area contributed by atoms with Crippen molar-refractivity contribution in [3.8, 4) is 0 Å². The standard InChI is InChI=1S/C9H17NO2.C7H14O3.C7H14O.CH4/c1-6(11)7(5-8(10)12)9(2,3)4;1-7(2,3)5(4-8)6(9)10;1-6(8)5-7(2,3)4;/h7H,5H2,1-4H3,(H2,10,12);5,8H,4H2,1-3H3,(H,9,10);5H2,1-4H3;1H4. The van der Waals surface area contributed by atoms with Crippen molar-refractivity contribution in [1.82, 2.24) is 0 Å². The molecule has 0 bridgehead atoms. The first-order valence-corrected chi connectivity index (χ1v) is 10.2. The highest BCUT2D eigenvalue weighted by atomic mass is 16.4. The van der Waals surface area contributed by atoms with E-state index in [9.17, 15) is 19.2 Å².